The van der Waals surface area contributed by atoms with Crippen LogP contribution in [-0.4, -0.2) is 68.0 Å². The van der Waals surface area contributed by atoms with Gasteiger partial charge in [0.1, 0.15) is 17.2 Å². The summed E-state index contributed by atoms with van der Waals surface area (Å²) in [5, 5.41) is 13.7. The van der Waals surface area contributed by atoms with Gasteiger partial charge in [-0.2, -0.15) is 5.10 Å². The van der Waals surface area contributed by atoms with Crippen LogP contribution in [-0.2, 0) is 16.0 Å². The third-order valence-electron chi connectivity index (χ3n) is 6.26. The maximum absolute atomic E-state index is 12.8. The molecular weight excluding hydrogens is 450 g/mol. The lowest BCUT2D eigenvalue weighted by Crippen LogP contribution is -2.59. The van der Waals surface area contributed by atoms with Crippen molar-refractivity contribution in [2.75, 3.05) is 12.4 Å². The number of H-pyrrole nitrogens is 1. The molecule has 4 heterocycles. The van der Waals surface area contributed by atoms with Crippen LogP contribution in [0, 0.1) is 6.92 Å². The highest BCUT2D eigenvalue weighted by atomic mass is 16.6. The molecule has 1 amide bonds. The van der Waals surface area contributed by atoms with E-state index < -0.39 is 11.6 Å². The molecule has 2 fully saturated rings. The number of hydrogen-bond donors (Lipinski definition) is 3. The Labute approximate surface area is 205 Å². The van der Waals surface area contributed by atoms with Crippen LogP contribution in [0.3, 0.4) is 0 Å². The molecule has 11 heteroatoms. The van der Waals surface area contributed by atoms with E-state index in [1.807, 2.05) is 38.7 Å². The predicted octanol–water partition coefficient (Wildman–Crippen LogP) is 3.45. The molecule has 2 aromatic heterocycles. The van der Waals surface area contributed by atoms with E-state index in [-0.39, 0.29) is 29.9 Å². The van der Waals surface area contributed by atoms with E-state index in [0.29, 0.717) is 24.0 Å². The Bertz CT molecular complexity index is 1050. The van der Waals surface area contributed by atoms with Crippen molar-refractivity contribution in [3.8, 4) is 0 Å². The Balaban J connectivity index is 1.44. The Hall–Kier alpha value is -3.21. The number of esters is 1. The van der Waals surface area contributed by atoms with E-state index >= 15 is 0 Å². The minimum absolute atomic E-state index is 0.150. The minimum Gasteiger partial charge on any atom is -0.464 e. The third-order valence-corrected chi connectivity index (χ3v) is 6.26. The topological polar surface area (TPSA) is 134 Å². The van der Waals surface area contributed by atoms with Crippen molar-refractivity contribution < 1.29 is 19.1 Å². The van der Waals surface area contributed by atoms with Crippen molar-refractivity contribution >= 4 is 23.7 Å². The smallest absolute Gasteiger partial charge is 0.410 e. The summed E-state index contributed by atoms with van der Waals surface area (Å²) in [6, 6.07) is 3.90. The first kappa shape index (κ1) is 24.9. The number of rotatable bonds is 6. The Morgan fingerprint density at radius 3 is 2.46 bits per heavy atom. The molecule has 0 radical (unpaired) electrons. The van der Waals surface area contributed by atoms with Crippen LogP contribution in [0.1, 0.15) is 74.9 Å². The van der Waals surface area contributed by atoms with Gasteiger partial charge in [0, 0.05) is 36.0 Å². The molecule has 11 nitrogen and oxygen atoms in total. The maximum Gasteiger partial charge on any atom is 0.410 e. The van der Waals surface area contributed by atoms with Gasteiger partial charge < -0.3 is 25.0 Å². The lowest BCUT2D eigenvalue weighted by Gasteiger charge is -2.48. The molecule has 2 unspecified atom stereocenters. The van der Waals surface area contributed by atoms with Crippen LogP contribution in [0.5, 0.6) is 0 Å². The van der Waals surface area contributed by atoms with Gasteiger partial charge in [-0.05, 0) is 59.8 Å². The Kier molecular flexibility index (Phi) is 7.25. The molecule has 2 saturated heterocycles. The van der Waals surface area contributed by atoms with Gasteiger partial charge in [0.15, 0.2) is 11.5 Å². The second-order valence-electron chi connectivity index (χ2n) is 10.3. The SMILES string of the molecule is COC(=O)c1cc(Nc2cc(C)[nH]n2)nc(CNC2CC3CCCC(C2)N3C(=O)OC(C)(C)C)n1. The summed E-state index contributed by atoms with van der Waals surface area (Å²) in [6.45, 7) is 7.97. The van der Waals surface area contributed by atoms with Gasteiger partial charge in [-0.3, -0.25) is 5.10 Å². The predicted molar refractivity (Wildman–Crippen MR) is 129 cm³/mol. The van der Waals surface area contributed by atoms with Gasteiger partial charge in [0.25, 0.3) is 0 Å². The molecule has 190 valence electrons. The normalized spacial score (nSPS) is 22.0. The molecule has 2 aromatic rings. The van der Waals surface area contributed by atoms with Crippen LogP contribution < -0.4 is 10.6 Å². The fourth-order valence-electron chi connectivity index (χ4n) is 4.86. The Morgan fingerprint density at radius 1 is 1.14 bits per heavy atom. The number of nitrogens with zero attached hydrogens (tertiary/aromatic N) is 4. The van der Waals surface area contributed by atoms with Crippen molar-refractivity contribution in [2.24, 2.45) is 0 Å². The number of hydrogen-bond acceptors (Lipinski definition) is 9. The van der Waals surface area contributed by atoms with E-state index in [1.54, 1.807) is 6.07 Å². The summed E-state index contributed by atoms with van der Waals surface area (Å²) in [6.07, 6.45) is 4.52. The minimum atomic E-state index is -0.532. The van der Waals surface area contributed by atoms with Crippen LogP contribution in [0.4, 0.5) is 16.4 Å². The first-order valence-corrected chi connectivity index (χ1v) is 12.1. The number of carbonyl (C=O) groups excluding carboxylic acids is 2. The number of aromatic nitrogens is 4. The number of aromatic amines is 1. The molecule has 0 aliphatic carbocycles. The molecule has 0 saturated carbocycles. The molecular formula is C24H35N7O4. The van der Waals surface area contributed by atoms with E-state index in [4.69, 9.17) is 9.47 Å². The summed E-state index contributed by atoms with van der Waals surface area (Å²) in [7, 11) is 1.32. The molecule has 4 rings (SSSR count). The molecule has 2 aliphatic rings. The molecule has 3 N–H and O–H groups in total. The molecule has 2 bridgehead atoms. The van der Waals surface area contributed by atoms with Crippen molar-refractivity contribution in [1.82, 2.24) is 30.4 Å². The highest BCUT2D eigenvalue weighted by Gasteiger charge is 2.42. The largest absolute Gasteiger partial charge is 0.464 e. The number of methoxy groups -OCH3 is 1. The van der Waals surface area contributed by atoms with E-state index in [0.717, 1.165) is 37.8 Å². The second kappa shape index (κ2) is 10.2. The highest BCUT2D eigenvalue weighted by Crippen LogP contribution is 2.35. The maximum atomic E-state index is 12.8. The lowest BCUT2D eigenvalue weighted by molar-refractivity contribution is -0.0236. The third kappa shape index (κ3) is 6.27. The van der Waals surface area contributed by atoms with Gasteiger partial charge in [-0.25, -0.2) is 19.6 Å². The fourth-order valence-corrected chi connectivity index (χ4v) is 4.86. The van der Waals surface area contributed by atoms with Gasteiger partial charge in [0.2, 0.25) is 0 Å². The lowest BCUT2D eigenvalue weighted by atomic mass is 9.82. The van der Waals surface area contributed by atoms with E-state index in [9.17, 15) is 9.59 Å². The van der Waals surface area contributed by atoms with Crippen molar-refractivity contribution in [1.29, 1.82) is 0 Å². The summed E-state index contributed by atoms with van der Waals surface area (Å²) < 4.78 is 10.5. The van der Waals surface area contributed by atoms with Crippen LogP contribution in [0.25, 0.3) is 0 Å². The number of fused-ring (bicyclic) bond motifs is 2. The number of aryl methyl sites for hydroxylation is 1. The first-order chi connectivity index (χ1) is 16.6. The molecule has 2 aliphatic heterocycles. The zero-order chi connectivity index (χ0) is 25.2. The Morgan fingerprint density at radius 2 is 1.86 bits per heavy atom. The van der Waals surface area contributed by atoms with Crippen LogP contribution >= 0.6 is 0 Å². The van der Waals surface area contributed by atoms with Gasteiger partial charge in [-0.1, -0.05) is 0 Å². The monoisotopic (exact) mass is 485 g/mol. The quantitative estimate of drug-likeness (QED) is 0.526. The van der Waals surface area contributed by atoms with Crippen molar-refractivity contribution in [3.05, 3.63) is 29.3 Å². The summed E-state index contributed by atoms with van der Waals surface area (Å²) in [5.74, 6) is 0.996. The molecule has 0 spiro atoms. The number of anilines is 2. The number of piperidine rings is 2. The molecule has 0 aromatic carbocycles. The zero-order valence-corrected chi connectivity index (χ0v) is 21.1. The highest BCUT2D eigenvalue weighted by molar-refractivity contribution is 5.88. The standard InChI is InChI=1S/C24H35N7O4/c1-14-9-20(30-29-14)27-19-12-18(22(32)34-5)26-21(28-19)13-25-15-10-16-7-6-8-17(11-15)31(16)23(33)35-24(2,3)4/h9,12,15-17,25H,6-8,10-11,13H2,1-5H3,(H2,26,27,28,29,30). The fraction of sp³-hybridized carbons (Fsp3) is 0.625. The van der Waals surface area contributed by atoms with Gasteiger partial charge in [-0.15, -0.1) is 0 Å². The van der Waals surface area contributed by atoms with E-state index in [1.165, 1.54) is 7.11 Å². The van der Waals surface area contributed by atoms with Crippen molar-refractivity contribution in [3.63, 3.8) is 0 Å². The van der Waals surface area contributed by atoms with Crippen LogP contribution in [0.15, 0.2) is 12.1 Å². The average molecular weight is 486 g/mol. The number of carbonyl (C=O) groups is 2. The zero-order valence-electron chi connectivity index (χ0n) is 21.1. The van der Waals surface area contributed by atoms with Crippen LogP contribution in [0.2, 0.25) is 0 Å². The average Bonchev–Trinajstić information content (AvgIpc) is 3.19. The summed E-state index contributed by atoms with van der Waals surface area (Å²) >= 11 is 0. The number of ether oxygens (including phenoxy) is 2. The van der Waals surface area contributed by atoms with E-state index in [2.05, 4.69) is 30.8 Å². The second-order valence-corrected chi connectivity index (χ2v) is 10.3. The molecule has 2 atom stereocenters. The van der Waals surface area contributed by atoms with Gasteiger partial charge >= 0.3 is 12.1 Å². The number of amides is 1. The summed E-state index contributed by atoms with van der Waals surface area (Å²) in [4.78, 5) is 35.9. The summed E-state index contributed by atoms with van der Waals surface area (Å²) in [5.41, 5.74) is 0.564. The van der Waals surface area contributed by atoms with Gasteiger partial charge in [0.05, 0.1) is 13.7 Å². The molecule has 35 heavy (non-hydrogen) atoms. The first-order valence-electron chi connectivity index (χ1n) is 12.1. The number of nitrogens with one attached hydrogen (secondary N) is 3. The van der Waals surface area contributed by atoms with Crippen molar-refractivity contribution in [2.45, 2.75) is 90.1 Å².